The molecule has 2 aromatic rings. The summed E-state index contributed by atoms with van der Waals surface area (Å²) in [5.41, 5.74) is 1.12. The van der Waals surface area contributed by atoms with E-state index in [0.717, 1.165) is 31.4 Å². The molecule has 1 N–H and O–H groups in total. The monoisotopic (exact) mass is 386 g/mol. The number of piperidine rings is 2. The molecule has 1 unspecified atom stereocenters. The fraction of sp³-hybridized carbons (Fsp3) is 0.636. The first-order chi connectivity index (χ1) is 13.0. The van der Waals surface area contributed by atoms with Crippen molar-refractivity contribution in [2.45, 2.75) is 76.9 Å². The van der Waals surface area contributed by atoms with Crippen LogP contribution in [0.25, 0.3) is 10.2 Å². The topological polar surface area (TPSA) is 37.6 Å². The van der Waals surface area contributed by atoms with Crippen LogP contribution in [0.15, 0.2) is 24.3 Å². The van der Waals surface area contributed by atoms with Gasteiger partial charge >= 0.3 is 0 Å². The summed E-state index contributed by atoms with van der Waals surface area (Å²) in [6.07, 6.45) is 5.91. The van der Waals surface area contributed by atoms with E-state index in [0.29, 0.717) is 23.9 Å². The Morgan fingerprint density at radius 2 is 1.93 bits per heavy atom. The minimum atomic E-state index is 0.0465. The van der Waals surface area contributed by atoms with Crippen LogP contribution in [0.4, 0.5) is 0 Å². The zero-order chi connectivity index (χ0) is 19.0. The fourth-order valence-electron chi connectivity index (χ4n) is 5.02. The molecule has 5 atom stereocenters. The molecule has 0 spiro atoms. The predicted octanol–water partition coefficient (Wildman–Crippen LogP) is 3.24. The Morgan fingerprint density at radius 1 is 1.19 bits per heavy atom. The molecule has 1 amide bonds. The van der Waals surface area contributed by atoms with Crippen LogP contribution in [-0.2, 0) is 4.79 Å². The van der Waals surface area contributed by atoms with Crippen LogP contribution < -0.4 is 4.90 Å². The molecule has 1 aromatic carbocycles. The summed E-state index contributed by atoms with van der Waals surface area (Å²) >= 11 is 1.84. The molecule has 4 rings (SSSR count). The Hall–Kier alpha value is -1.46. The van der Waals surface area contributed by atoms with Crippen molar-refractivity contribution in [3.05, 3.63) is 29.3 Å². The lowest BCUT2D eigenvalue weighted by atomic mass is 9.94. The first kappa shape index (κ1) is 18.9. The Labute approximate surface area is 166 Å². The minimum Gasteiger partial charge on any atom is -0.332 e. The fourth-order valence-corrected chi connectivity index (χ4v) is 6.12. The summed E-state index contributed by atoms with van der Waals surface area (Å²) < 4.78 is 1.28. The first-order valence-corrected chi connectivity index (χ1v) is 11.4. The molecule has 4 nitrogen and oxygen atoms in total. The molecule has 2 aliphatic rings. The number of para-hydroxylation sites is 1. The van der Waals surface area contributed by atoms with E-state index >= 15 is 0 Å². The molecule has 2 saturated heterocycles. The van der Waals surface area contributed by atoms with Crippen molar-refractivity contribution in [2.24, 2.45) is 0 Å². The number of nitrogens with zero attached hydrogens (tertiary/aromatic N) is 2. The molecule has 2 fully saturated rings. The van der Waals surface area contributed by atoms with Crippen LogP contribution in [-0.4, -0.2) is 47.0 Å². The average Bonchev–Trinajstić information content (AvgIpc) is 3.11. The number of fused-ring (bicyclic) bond motifs is 1. The number of carbonyl (C=O) groups is 1. The number of aromatic nitrogens is 1. The van der Waals surface area contributed by atoms with Gasteiger partial charge in [0.05, 0.1) is 29.2 Å². The van der Waals surface area contributed by atoms with E-state index in [1.165, 1.54) is 33.9 Å². The molecule has 3 heterocycles. The predicted molar refractivity (Wildman–Crippen MR) is 111 cm³/mol. The maximum absolute atomic E-state index is 13.3. The molecule has 2 aliphatic heterocycles. The standard InChI is InChI=1S/C22H31N3OS/c1-15-8-6-9-16(2)25(15)22(26)17(3)24-13-7-10-18(14-24)21-23-19-11-4-5-12-20(19)27-21/h4-5,11-12,15-18H,6-10,13-14H2,1-3H3/p+1/t15-,16+,17-,18+/m1/s1. The SMILES string of the molecule is C[C@@H]1CCC[C@H](C)N1C(=O)[C@@H](C)[NH+]1CCC[C@H](c2nc3ccccc3s2)C1. The molecular formula is C22H32N3OS+. The van der Waals surface area contributed by atoms with Gasteiger partial charge < -0.3 is 9.80 Å². The van der Waals surface area contributed by atoms with Crippen LogP contribution in [0.2, 0.25) is 0 Å². The number of likely N-dealkylation sites (tertiary alicyclic amines) is 2. The molecule has 0 aliphatic carbocycles. The zero-order valence-corrected chi connectivity index (χ0v) is 17.6. The van der Waals surface area contributed by atoms with Crippen molar-refractivity contribution in [1.82, 2.24) is 9.88 Å². The Morgan fingerprint density at radius 3 is 2.67 bits per heavy atom. The molecule has 27 heavy (non-hydrogen) atoms. The highest BCUT2D eigenvalue weighted by Gasteiger charge is 2.38. The van der Waals surface area contributed by atoms with Gasteiger partial charge in [0.2, 0.25) is 0 Å². The van der Waals surface area contributed by atoms with Gasteiger partial charge in [-0.15, -0.1) is 11.3 Å². The smallest absolute Gasteiger partial charge is 0.281 e. The Bertz CT molecular complexity index is 761. The number of hydrogen-bond donors (Lipinski definition) is 1. The van der Waals surface area contributed by atoms with Gasteiger partial charge in [-0.3, -0.25) is 4.79 Å². The maximum atomic E-state index is 13.3. The third-order valence-corrected chi connectivity index (χ3v) is 7.85. The number of nitrogens with one attached hydrogen (secondary N) is 1. The molecule has 5 heteroatoms. The molecule has 0 saturated carbocycles. The lowest BCUT2D eigenvalue weighted by Gasteiger charge is -2.42. The number of carbonyl (C=O) groups excluding carboxylic acids is 1. The van der Waals surface area contributed by atoms with E-state index in [9.17, 15) is 4.79 Å². The van der Waals surface area contributed by atoms with Gasteiger partial charge in [0.1, 0.15) is 5.01 Å². The highest BCUT2D eigenvalue weighted by atomic mass is 32.1. The van der Waals surface area contributed by atoms with E-state index in [1.807, 2.05) is 11.3 Å². The number of amides is 1. The quantitative estimate of drug-likeness (QED) is 0.879. The first-order valence-electron chi connectivity index (χ1n) is 10.6. The number of quaternary nitrogens is 1. The van der Waals surface area contributed by atoms with Crippen molar-refractivity contribution in [3.63, 3.8) is 0 Å². The summed E-state index contributed by atoms with van der Waals surface area (Å²) in [7, 11) is 0. The van der Waals surface area contributed by atoms with Crippen LogP contribution >= 0.6 is 11.3 Å². The molecular weight excluding hydrogens is 354 g/mol. The van der Waals surface area contributed by atoms with E-state index in [-0.39, 0.29) is 6.04 Å². The minimum absolute atomic E-state index is 0.0465. The van der Waals surface area contributed by atoms with Crippen LogP contribution in [0.5, 0.6) is 0 Å². The molecule has 0 bridgehead atoms. The summed E-state index contributed by atoms with van der Waals surface area (Å²) in [5.74, 6) is 0.840. The van der Waals surface area contributed by atoms with Gasteiger partial charge in [-0.1, -0.05) is 12.1 Å². The van der Waals surface area contributed by atoms with E-state index in [2.05, 4.69) is 49.9 Å². The number of benzene rings is 1. The van der Waals surface area contributed by atoms with Crippen LogP contribution in [0.3, 0.4) is 0 Å². The van der Waals surface area contributed by atoms with Crippen molar-refractivity contribution in [1.29, 1.82) is 0 Å². The van der Waals surface area contributed by atoms with Gasteiger partial charge in [-0.2, -0.15) is 0 Å². The third-order valence-electron chi connectivity index (χ3n) is 6.65. The number of hydrogen-bond acceptors (Lipinski definition) is 3. The highest BCUT2D eigenvalue weighted by Crippen LogP contribution is 2.30. The second kappa shape index (κ2) is 7.88. The highest BCUT2D eigenvalue weighted by molar-refractivity contribution is 7.18. The number of thiazole rings is 1. The van der Waals surface area contributed by atoms with Crippen LogP contribution in [0, 0.1) is 0 Å². The summed E-state index contributed by atoms with van der Waals surface area (Å²) in [6, 6.07) is 9.23. The van der Waals surface area contributed by atoms with E-state index in [4.69, 9.17) is 4.98 Å². The van der Waals surface area contributed by atoms with E-state index in [1.54, 1.807) is 0 Å². The molecule has 1 aromatic heterocycles. The Balaban J connectivity index is 1.47. The van der Waals surface area contributed by atoms with Crippen molar-refractivity contribution < 1.29 is 9.69 Å². The van der Waals surface area contributed by atoms with Crippen molar-refractivity contribution >= 4 is 27.5 Å². The largest absolute Gasteiger partial charge is 0.332 e. The Kier molecular flexibility index (Phi) is 5.51. The summed E-state index contributed by atoms with van der Waals surface area (Å²) in [6.45, 7) is 8.71. The summed E-state index contributed by atoms with van der Waals surface area (Å²) in [4.78, 5) is 21.8. The normalized spacial score (nSPS) is 30.4. The summed E-state index contributed by atoms with van der Waals surface area (Å²) in [5, 5.41) is 1.26. The van der Waals surface area contributed by atoms with Gasteiger partial charge in [-0.25, -0.2) is 4.98 Å². The maximum Gasteiger partial charge on any atom is 0.281 e. The van der Waals surface area contributed by atoms with Gasteiger partial charge in [0.15, 0.2) is 6.04 Å². The molecule has 0 radical (unpaired) electrons. The average molecular weight is 387 g/mol. The van der Waals surface area contributed by atoms with Gasteiger partial charge in [-0.05, 0) is 65.0 Å². The van der Waals surface area contributed by atoms with Crippen molar-refractivity contribution in [3.8, 4) is 0 Å². The van der Waals surface area contributed by atoms with Gasteiger partial charge in [0, 0.05) is 12.1 Å². The van der Waals surface area contributed by atoms with Crippen LogP contribution in [0.1, 0.15) is 63.8 Å². The molecule has 146 valence electrons. The van der Waals surface area contributed by atoms with Crippen molar-refractivity contribution in [2.75, 3.05) is 13.1 Å². The zero-order valence-electron chi connectivity index (χ0n) is 16.8. The second-order valence-corrected chi connectivity index (χ2v) is 9.63. The number of rotatable bonds is 3. The lowest BCUT2D eigenvalue weighted by Crippen LogP contribution is -3.18. The van der Waals surface area contributed by atoms with Gasteiger partial charge in [0.25, 0.3) is 5.91 Å². The third kappa shape index (κ3) is 3.77. The lowest BCUT2D eigenvalue weighted by molar-refractivity contribution is -0.920. The van der Waals surface area contributed by atoms with E-state index < -0.39 is 0 Å². The second-order valence-electron chi connectivity index (χ2n) is 8.57.